The van der Waals surface area contributed by atoms with Gasteiger partial charge in [-0.25, -0.2) is 4.98 Å². The maximum Gasteiger partial charge on any atom is 0.417 e. The van der Waals surface area contributed by atoms with E-state index in [9.17, 15) is 28.3 Å². The average Bonchev–Trinajstić information content (AvgIpc) is 2.80. The van der Waals surface area contributed by atoms with Crippen molar-refractivity contribution in [3.05, 3.63) is 23.3 Å². The van der Waals surface area contributed by atoms with Crippen LogP contribution in [0.2, 0.25) is 0 Å². The second-order valence-corrected chi connectivity index (χ2v) is 7.71. The Kier molecular flexibility index (Phi) is 5.01. The summed E-state index contributed by atoms with van der Waals surface area (Å²) in [5.74, 6) is -0.967. The van der Waals surface area contributed by atoms with E-state index in [0.717, 1.165) is 0 Å². The Hall–Kier alpha value is -2.60. The first-order chi connectivity index (χ1) is 12.2. The molecular formula is C18H21F3N4O2. The maximum atomic E-state index is 12.8. The Morgan fingerprint density at radius 3 is 2.37 bits per heavy atom. The highest BCUT2D eigenvalue weighted by atomic mass is 19.4. The fraction of sp³-hybridized carbons (Fsp3) is 0.500. The van der Waals surface area contributed by atoms with Crippen molar-refractivity contribution in [2.45, 2.75) is 58.4 Å². The molecular weight excluding hydrogens is 361 g/mol. The molecule has 0 spiro atoms. The van der Waals surface area contributed by atoms with Crippen LogP contribution in [0.1, 0.15) is 45.2 Å². The van der Waals surface area contributed by atoms with E-state index in [-0.39, 0.29) is 5.95 Å². The van der Waals surface area contributed by atoms with Gasteiger partial charge >= 0.3 is 6.18 Å². The van der Waals surface area contributed by atoms with Crippen molar-refractivity contribution in [3.63, 3.8) is 0 Å². The van der Waals surface area contributed by atoms with Crippen molar-refractivity contribution in [1.29, 1.82) is 5.26 Å². The van der Waals surface area contributed by atoms with Gasteiger partial charge in [0, 0.05) is 5.54 Å². The lowest BCUT2D eigenvalue weighted by molar-refractivity contribution is -0.253. The standard InChI is InChI=1S/C18H21F3N4O2/c1-10-6-12-13(7-11(10)9-22)25(16(2,3)4)15(23-12)24-14(26)8-17(5,27)18(19,20)21/h6-7,27H,8H2,1-5H3,(H,23,24,26)/t17-/m1/s1. The summed E-state index contributed by atoms with van der Waals surface area (Å²) in [6.45, 7) is 7.79. The van der Waals surface area contributed by atoms with Crippen molar-refractivity contribution in [1.82, 2.24) is 9.55 Å². The number of carbonyl (C=O) groups excluding carboxylic acids is 1. The lowest BCUT2D eigenvalue weighted by atomic mass is 10.0. The summed E-state index contributed by atoms with van der Waals surface area (Å²) < 4.78 is 40.1. The molecule has 2 N–H and O–H groups in total. The topological polar surface area (TPSA) is 90.9 Å². The minimum Gasteiger partial charge on any atom is -0.380 e. The van der Waals surface area contributed by atoms with E-state index in [1.54, 1.807) is 23.6 Å². The molecule has 27 heavy (non-hydrogen) atoms. The number of imidazole rings is 1. The molecule has 0 saturated heterocycles. The van der Waals surface area contributed by atoms with Gasteiger partial charge in [-0.15, -0.1) is 0 Å². The van der Waals surface area contributed by atoms with Crippen molar-refractivity contribution < 1.29 is 23.1 Å². The molecule has 2 aromatic rings. The molecule has 0 aliphatic heterocycles. The van der Waals surface area contributed by atoms with Crippen LogP contribution in [0, 0.1) is 18.3 Å². The van der Waals surface area contributed by atoms with Crippen molar-refractivity contribution in [3.8, 4) is 6.07 Å². The summed E-state index contributed by atoms with van der Waals surface area (Å²) in [5, 5.41) is 21.1. The van der Waals surface area contributed by atoms with E-state index >= 15 is 0 Å². The molecule has 0 unspecified atom stereocenters. The molecule has 1 amide bonds. The molecule has 0 saturated carbocycles. The summed E-state index contributed by atoms with van der Waals surface area (Å²) in [4.78, 5) is 16.5. The number of alkyl halides is 3. The molecule has 2 rings (SSSR count). The summed E-state index contributed by atoms with van der Waals surface area (Å²) >= 11 is 0. The van der Waals surface area contributed by atoms with Gasteiger partial charge in [-0.3, -0.25) is 10.1 Å². The van der Waals surface area contributed by atoms with Crippen LogP contribution < -0.4 is 5.32 Å². The van der Waals surface area contributed by atoms with E-state index < -0.39 is 29.6 Å². The SMILES string of the molecule is Cc1cc2nc(NC(=O)C[C@@](C)(O)C(F)(F)F)n(C(C)(C)C)c2cc1C#N. The van der Waals surface area contributed by atoms with Crippen LogP contribution in [0.5, 0.6) is 0 Å². The minimum absolute atomic E-state index is 0.0509. The van der Waals surface area contributed by atoms with Crippen LogP contribution in [0.3, 0.4) is 0 Å². The van der Waals surface area contributed by atoms with Gasteiger partial charge in [-0.05, 0) is 52.3 Å². The molecule has 1 aromatic carbocycles. The second-order valence-electron chi connectivity index (χ2n) is 7.71. The van der Waals surface area contributed by atoms with Gasteiger partial charge in [0.05, 0.1) is 29.1 Å². The smallest absolute Gasteiger partial charge is 0.380 e. The van der Waals surface area contributed by atoms with Crippen molar-refractivity contribution in [2.24, 2.45) is 0 Å². The number of fused-ring (bicyclic) bond motifs is 1. The molecule has 0 fully saturated rings. The van der Waals surface area contributed by atoms with Gasteiger partial charge in [-0.2, -0.15) is 18.4 Å². The third-order valence-electron chi connectivity index (χ3n) is 4.16. The Morgan fingerprint density at radius 1 is 1.30 bits per heavy atom. The number of carbonyl (C=O) groups is 1. The number of amides is 1. The molecule has 146 valence electrons. The number of hydrogen-bond donors (Lipinski definition) is 2. The quantitative estimate of drug-likeness (QED) is 0.848. The zero-order valence-electron chi connectivity index (χ0n) is 15.7. The summed E-state index contributed by atoms with van der Waals surface area (Å²) in [7, 11) is 0. The molecule has 0 radical (unpaired) electrons. The normalized spacial score (nSPS) is 14.7. The van der Waals surface area contributed by atoms with E-state index in [1.165, 1.54) is 0 Å². The van der Waals surface area contributed by atoms with Gasteiger partial charge in [0.15, 0.2) is 5.60 Å². The number of benzene rings is 1. The van der Waals surface area contributed by atoms with Crippen LogP contribution in [-0.2, 0) is 10.3 Å². The predicted octanol–water partition coefficient (Wildman–Crippen LogP) is 3.61. The van der Waals surface area contributed by atoms with E-state index in [1.807, 2.05) is 20.8 Å². The van der Waals surface area contributed by atoms with Crippen LogP contribution in [0.15, 0.2) is 12.1 Å². The lowest BCUT2D eigenvalue weighted by Crippen LogP contribution is -2.45. The third kappa shape index (κ3) is 4.06. The van der Waals surface area contributed by atoms with Gasteiger partial charge in [0.25, 0.3) is 0 Å². The van der Waals surface area contributed by atoms with Gasteiger partial charge in [0.1, 0.15) is 0 Å². The van der Waals surface area contributed by atoms with Crippen LogP contribution in [-0.4, -0.2) is 32.3 Å². The van der Waals surface area contributed by atoms with E-state index in [4.69, 9.17) is 0 Å². The highest BCUT2D eigenvalue weighted by molar-refractivity contribution is 5.92. The fourth-order valence-electron chi connectivity index (χ4n) is 2.69. The zero-order chi connectivity index (χ0) is 20.8. The lowest BCUT2D eigenvalue weighted by Gasteiger charge is -2.27. The molecule has 1 atom stereocenters. The molecule has 9 heteroatoms. The van der Waals surface area contributed by atoms with Crippen LogP contribution in [0.4, 0.5) is 19.1 Å². The van der Waals surface area contributed by atoms with E-state index in [2.05, 4.69) is 16.4 Å². The first-order valence-electron chi connectivity index (χ1n) is 8.20. The number of anilines is 1. The highest BCUT2D eigenvalue weighted by Gasteiger charge is 2.51. The first-order valence-corrected chi connectivity index (χ1v) is 8.20. The highest BCUT2D eigenvalue weighted by Crippen LogP contribution is 2.34. The zero-order valence-corrected chi connectivity index (χ0v) is 15.7. The summed E-state index contributed by atoms with van der Waals surface area (Å²) in [6, 6.07) is 5.38. The Morgan fingerprint density at radius 2 is 1.89 bits per heavy atom. The average molecular weight is 382 g/mol. The van der Waals surface area contributed by atoms with E-state index in [0.29, 0.717) is 29.1 Å². The third-order valence-corrected chi connectivity index (χ3v) is 4.16. The number of aromatic nitrogens is 2. The monoisotopic (exact) mass is 382 g/mol. The molecule has 0 aliphatic carbocycles. The summed E-state index contributed by atoms with van der Waals surface area (Å²) in [5.41, 5.74) is -1.53. The molecule has 1 aromatic heterocycles. The van der Waals surface area contributed by atoms with Gasteiger partial charge in [-0.1, -0.05) is 0 Å². The fourth-order valence-corrected chi connectivity index (χ4v) is 2.69. The Labute approximate surface area is 154 Å². The largest absolute Gasteiger partial charge is 0.417 e. The number of aryl methyl sites for hydroxylation is 1. The number of rotatable bonds is 3. The first kappa shape index (κ1) is 20.7. The maximum absolute atomic E-state index is 12.8. The van der Waals surface area contributed by atoms with Crippen LogP contribution in [0.25, 0.3) is 11.0 Å². The summed E-state index contributed by atoms with van der Waals surface area (Å²) in [6.07, 6.45) is -6.10. The second kappa shape index (κ2) is 6.53. The van der Waals surface area contributed by atoms with Gasteiger partial charge in [0.2, 0.25) is 11.9 Å². The van der Waals surface area contributed by atoms with Crippen molar-refractivity contribution in [2.75, 3.05) is 5.32 Å². The Balaban J connectivity index is 2.50. The molecule has 6 nitrogen and oxygen atoms in total. The number of aliphatic hydroxyl groups is 1. The van der Waals surface area contributed by atoms with Crippen LogP contribution >= 0.6 is 0 Å². The minimum atomic E-state index is -4.94. The molecule has 0 aliphatic rings. The molecule has 1 heterocycles. The number of nitriles is 1. The predicted molar refractivity (Wildman–Crippen MR) is 94.1 cm³/mol. The van der Waals surface area contributed by atoms with Crippen molar-refractivity contribution >= 4 is 22.9 Å². The number of nitrogens with one attached hydrogen (secondary N) is 1. The van der Waals surface area contributed by atoms with Gasteiger partial charge < -0.3 is 9.67 Å². The molecule has 0 bridgehead atoms. The number of hydrogen-bond acceptors (Lipinski definition) is 4. The Bertz CT molecular complexity index is 931. The number of nitrogens with zero attached hydrogens (tertiary/aromatic N) is 3. The number of halogens is 3.